The number of fused-ring (bicyclic) bond motifs is 6. The highest BCUT2D eigenvalue weighted by Crippen LogP contribution is 2.88. The number of carbonyl (C=O) groups excluding carboxylic acids is 1. The molecule has 0 spiro atoms. The lowest BCUT2D eigenvalue weighted by Gasteiger charge is -2.58. The van der Waals surface area contributed by atoms with E-state index in [1.54, 1.807) is 0 Å². The van der Waals surface area contributed by atoms with Crippen LogP contribution in [0.15, 0.2) is 28.7 Å². The molecule has 1 amide bonds. The minimum absolute atomic E-state index is 0.0662. The molecule has 3 heterocycles. The summed E-state index contributed by atoms with van der Waals surface area (Å²) in [6.45, 7) is 12.0. The summed E-state index contributed by atoms with van der Waals surface area (Å²) in [6.07, 6.45) is 15.5. The maximum absolute atomic E-state index is 15.4. The first kappa shape index (κ1) is 34.6. The third kappa shape index (κ3) is 5.61. The number of halogens is 1. The van der Waals surface area contributed by atoms with Crippen molar-refractivity contribution in [2.45, 2.75) is 129 Å². The van der Waals surface area contributed by atoms with Gasteiger partial charge in [-0.25, -0.2) is 14.0 Å². The van der Waals surface area contributed by atoms with Crippen molar-refractivity contribution in [3.63, 3.8) is 0 Å². The van der Waals surface area contributed by atoms with Gasteiger partial charge in [-0.1, -0.05) is 59.1 Å². The molecule has 8 nitrogen and oxygen atoms in total. The monoisotopic (exact) mass is 685 g/mol. The quantitative estimate of drug-likeness (QED) is 0.180. The van der Waals surface area contributed by atoms with Gasteiger partial charge in [-0.05, 0) is 118 Å². The molecule has 266 valence electrons. The fourth-order valence-corrected chi connectivity index (χ4v) is 14.8. The van der Waals surface area contributed by atoms with Crippen molar-refractivity contribution >= 4 is 19.8 Å². The van der Waals surface area contributed by atoms with Gasteiger partial charge in [-0.3, -0.25) is 9.88 Å². The second kappa shape index (κ2) is 12.7. The Labute approximate surface area is 286 Å². The van der Waals surface area contributed by atoms with E-state index < -0.39 is 42.9 Å². The first-order chi connectivity index (χ1) is 22.8. The van der Waals surface area contributed by atoms with Crippen LogP contribution in [-0.4, -0.2) is 56.2 Å². The SMILES string of the molecule is CC(C)[C@H](C)CCCC1CCC2[C@@H]3CC=C4CC(OC(=O)Nc5ccn(C6P7CC(CO)[C@H](O)C67F)c(=O)n5)CCC4(C)C3CC[C@]12C. The number of allylic oxidation sites excluding steroid dienone is 1. The molecule has 48 heavy (non-hydrogen) atoms. The van der Waals surface area contributed by atoms with Crippen LogP contribution in [0.2, 0.25) is 0 Å². The lowest BCUT2D eigenvalue weighted by Crippen LogP contribution is -2.50. The van der Waals surface area contributed by atoms with E-state index in [2.05, 4.69) is 51.0 Å². The topological polar surface area (TPSA) is 114 Å². The standard InChI is InChI=1S/C38H57FN3O5P/c1-22(2)23(3)7-6-8-25-10-12-29-28-11-9-26-19-27(13-16-37(26,5)30(28)14-17-36(25,29)4)47-35(46)41-31-15-18-42(34(45)40-31)33-38(39)32(44)24(20-43)21-48(33)38/h9,15,18,22-25,27-30,32-33,43-44H,6-8,10-14,16-17,19-21H2,1-5H3,(H,40,41,45,46)/t23-,24?,25?,27?,28+,29?,30?,32+,33?,36-,37?,38?,48?/m1/s1. The van der Waals surface area contributed by atoms with Crippen LogP contribution in [-0.2, 0) is 4.74 Å². The Morgan fingerprint density at radius 2 is 1.98 bits per heavy atom. The fourth-order valence-electron chi connectivity index (χ4n) is 11.4. The maximum Gasteiger partial charge on any atom is 0.413 e. The van der Waals surface area contributed by atoms with Gasteiger partial charge in [0.2, 0.25) is 0 Å². The van der Waals surface area contributed by atoms with Crippen molar-refractivity contribution in [1.82, 2.24) is 9.55 Å². The maximum atomic E-state index is 15.4. The Bertz CT molecular complexity index is 1490. The summed E-state index contributed by atoms with van der Waals surface area (Å²) in [5, 5.41) is 20.5. The van der Waals surface area contributed by atoms with Gasteiger partial charge in [0.15, 0.2) is 5.41 Å². The number of nitrogens with zero attached hydrogens (tertiary/aromatic N) is 2. The number of nitrogens with one attached hydrogen (secondary N) is 1. The van der Waals surface area contributed by atoms with E-state index in [1.807, 2.05) is 0 Å². The van der Waals surface area contributed by atoms with Crippen LogP contribution >= 0.6 is 7.92 Å². The Morgan fingerprint density at radius 1 is 1.19 bits per heavy atom. The number of ether oxygens (including phenoxy) is 1. The molecule has 1 aromatic heterocycles. The van der Waals surface area contributed by atoms with E-state index in [0.717, 1.165) is 55.3 Å². The van der Waals surface area contributed by atoms with Crippen molar-refractivity contribution in [1.29, 1.82) is 0 Å². The van der Waals surface area contributed by atoms with Crippen LogP contribution < -0.4 is 11.0 Å². The molecule has 4 aliphatic carbocycles. The summed E-state index contributed by atoms with van der Waals surface area (Å²) in [5.74, 6) is 3.56. The molecule has 1 aromatic rings. The Morgan fingerprint density at radius 3 is 2.67 bits per heavy atom. The average molecular weight is 686 g/mol. The van der Waals surface area contributed by atoms with Gasteiger partial charge in [0, 0.05) is 25.1 Å². The van der Waals surface area contributed by atoms with Crippen LogP contribution in [0, 0.1) is 52.3 Å². The molecule has 3 N–H and O–H groups in total. The van der Waals surface area contributed by atoms with E-state index >= 15 is 4.39 Å². The van der Waals surface area contributed by atoms with Crippen LogP contribution in [0.4, 0.5) is 15.0 Å². The number of anilines is 1. The summed E-state index contributed by atoms with van der Waals surface area (Å²) in [7, 11) is -1.26. The molecule has 6 aliphatic rings. The highest BCUT2D eigenvalue weighted by Gasteiger charge is 2.77. The number of alkyl halides is 1. The molecular formula is C38H57FN3O5P. The molecule has 10 heteroatoms. The van der Waals surface area contributed by atoms with Crippen LogP contribution in [0.3, 0.4) is 0 Å². The summed E-state index contributed by atoms with van der Waals surface area (Å²) in [5.41, 5.74) is 1.43. The summed E-state index contributed by atoms with van der Waals surface area (Å²) in [4.78, 5) is 29.7. The van der Waals surface area contributed by atoms with E-state index in [1.165, 1.54) is 67.3 Å². The fraction of sp³-hybridized carbons (Fsp3) is 0.816. The predicted octanol–water partition coefficient (Wildman–Crippen LogP) is 7.84. The second-order valence-corrected chi connectivity index (χ2v) is 19.7. The lowest BCUT2D eigenvalue weighted by atomic mass is 9.47. The minimum atomic E-state index is -1.87. The summed E-state index contributed by atoms with van der Waals surface area (Å²) >= 11 is 0. The molecule has 0 bridgehead atoms. The van der Waals surface area contributed by atoms with Gasteiger partial charge in [-0.2, -0.15) is 4.98 Å². The molecule has 2 saturated heterocycles. The number of aromatic nitrogens is 2. The number of carbonyl (C=O) groups is 1. The number of amides is 1. The van der Waals surface area contributed by atoms with E-state index in [4.69, 9.17) is 4.74 Å². The van der Waals surface area contributed by atoms with Gasteiger partial charge in [0.1, 0.15) is 17.7 Å². The second-order valence-electron chi connectivity index (χ2n) is 17.3. The van der Waals surface area contributed by atoms with Gasteiger partial charge >= 0.3 is 11.8 Å². The Hall–Kier alpha value is -1.83. The zero-order valence-electron chi connectivity index (χ0n) is 29.5. The summed E-state index contributed by atoms with van der Waals surface area (Å²) in [6, 6.07) is 1.48. The zero-order chi connectivity index (χ0) is 34.2. The first-order valence-corrected chi connectivity index (χ1v) is 20.4. The van der Waals surface area contributed by atoms with Gasteiger partial charge in [-0.15, -0.1) is 0 Å². The predicted molar refractivity (Wildman–Crippen MR) is 187 cm³/mol. The van der Waals surface area contributed by atoms with Crippen LogP contribution in [0.25, 0.3) is 0 Å². The zero-order valence-corrected chi connectivity index (χ0v) is 30.4. The van der Waals surface area contributed by atoms with E-state index in [-0.39, 0.29) is 23.9 Å². The molecule has 9 unspecified atom stereocenters. The molecule has 0 aromatic carbocycles. The highest BCUT2D eigenvalue weighted by atomic mass is 31.1. The van der Waals surface area contributed by atoms with Crippen molar-refractivity contribution in [3.05, 3.63) is 34.4 Å². The third-order valence-corrected chi connectivity index (χ3v) is 17.9. The molecule has 2 aliphatic heterocycles. The molecule has 13 atom stereocenters. The smallest absolute Gasteiger partial charge is 0.413 e. The normalized spacial score (nSPS) is 43.4. The van der Waals surface area contributed by atoms with Crippen LogP contribution in [0.5, 0.6) is 0 Å². The summed E-state index contributed by atoms with van der Waals surface area (Å²) < 4.78 is 22.5. The largest absolute Gasteiger partial charge is 0.446 e. The minimum Gasteiger partial charge on any atom is -0.446 e. The van der Waals surface area contributed by atoms with Gasteiger partial charge < -0.3 is 14.9 Å². The number of hydrogen-bond donors (Lipinski definition) is 3. The van der Waals surface area contributed by atoms with Crippen molar-refractivity contribution in [2.75, 3.05) is 18.1 Å². The molecule has 3 saturated carbocycles. The Kier molecular flexibility index (Phi) is 9.19. The van der Waals surface area contributed by atoms with Gasteiger partial charge in [0.05, 0.1) is 6.10 Å². The molecular weight excluding hydrogens is 628 g/mol. The van der Waals surface area contributed by atoms with Crippen molar-refractivity contribution in [3.8, 4) is 0 Å². The number of rotatable bonds is 9. The molecule has 5 fully saturated rings. The molecule has 7 rings (SSSR count). The van der Waals surface area contributed by atoms with Crippen molar-refractivity contribution < 1.29 is 24.1 Å². The van der Waals surface area contributed by atoms with Gasteiger partial charge in [0.25, 0.3) is 0 Å². The average Bonchev–Trinajstić information content (AvgIpc) is 3.33. The molecule has 0 radical (unpaired) electrons. The first-order valence-electron chi connectivity index (χ1n) is 18.8. The number of aliphatic hydroxyl groups is 2. The van der Waals surface area contributed by atoms with E-state index in [0.29, 0.717) is 17.5 Å². The van der Waals surface area contributed by atoms with Crippen LogP contribution in [0.1, 0.15) is 111 Å². The van der Waals surface area contributed by atoms with Crippen molar-refractivity contribution in [2.24, 2.45) is 52.3 Å². The lowest BCUT2D eigenvalue weighted by molar-refractivity contribution is -0.0515. The Balaban J connectivity index is 0.939. The van der Waals surface area contributed by atoms with E-state index in [9.17, 15) is 19.8 Å². The highest BCUT2D eigenvalue weighted by molar-refractivity contribution is 7.67. The number of hydrogen-bond acceptors (Lipinski definition) is 6. The third-order valence-electron chi connectivity index (χ3n) is 14.8. The number of aliphatic hydroxyl groups excluding tert-OH is 2.